The number of anilines is 2. The summed E-state index contributed by atoms with van der Waals surface area (Å²) in [5.41, 5.74) is 3.36. The number of nitrogens with one attached hydrogen (secondary N) is 1. The fraction of sp³-hybridized carbons (Fsp3) is 0.273. The normalized spacial score (nSPS) is 18.9. The van der Waals surface area contributed by atoms with Crippen LogP contribution in [0.3, 0.4) is 0 Å². The third-order valence-electron chi connectivity index (χ3n) is 5.33. The smallest absolute Gasteiger partial charge is 0.178 e. The molecule has 5 rings (SSSR count). The van der Waals surface area contributed by atoms with E-state index >= 15 is 0 Å². The molecule has 148 valence electrons. The first-order chi connectivity index (χ1) is 14.3. The molecule has 1 saturated heterocycles. The second-order valence-corrected chi connectivity index (χ2v) is 7.16. The van der Waals surface area contributed by atoms with E-state index in [2.05, 4.69) is 27.3 Å². The van der Waals surface area contributed by atoms with Gasteiger partial charge in [0.1, 0.15) is 5.82 Å². The molecule has 1 fully saturated rings. The quantitative estimate of drug-likeness (QED) is 0.740. The monoisotopic (exact) mass is 391 g/mol. The molecule has 1 atom stereocenters. The minimum absolute atomic E-state index is 0.261. The lowest BCUT2D eigenvalue weighted by molar-refractivity contribution is 0.122. The van der Waals surface area contributed by atoms with E-state index in [4.69, 9.17) is 9.73 Å². The van der Waals surface area contributed by atoms with Crippen LogP contribution in [0.4, 0.5) is 15.8 Å². The number of ether oxygens (including phenoxy) is 1. The number of fused-ring (bicyclic) bond motifs is 1. The van der Waals surface area contributed by atoms with Gasteiger partial charge in [0, 0.05) is 42.4 Å². The Labute approximate surface area is 168 Å². The lowest BCUT2D eigenvalue weighted by Crippen LogP contribution is -2.36. The number of hydrogen-bond acceptors (Lipinski definition) is 5. The van der Waals surface area contributed by atoms with Crippen molar-refractivity contribution in [1.29, 1.82) is 0 Å². The lowest BCUT2D eigenvalue weighted by atomic mass is 10.1. The average molecular weight is 391 g/mol. The van der Waals surface area contributed by atoms with Crippen LogP contribution in [0.2, 0.25) is 0 Å². The lowest BCUT2D eigenvalue weighted by Gasteiger charge is -2.29. The molecule has 0 radical (unpaired) electrons. The van der Waals surface area contributed by atoms with Gasteiger partial charge in [-0.15, -0.1) is 0 Å². The molecule has 29 heavy (non-hydrogen) atoms. The Kier molecular flexibility index (Phi) is 4.73. The minimum Gasteiger partial charge on any atom is -0.378 e. The first-order valence-corrected chi connectivity index (χ1v) is 9.80. The van der Waals surface area contributed by atoms with Crippen molar-refractivity contribution in [3.05, 3.63) is 78.1 Å². The Balaban J connectivity index is 1.40. The van der Waals surface area contributed by atoms with Gasteiger partial charge in [0.2, 0.25) is 0 Å². The Hall–Kier alpha value is -3.19. The van der Waals surface area contributed by atoms with E-state index in [-0.39, 0.29) is 12.0 Å². The van der Waals surface area contributed by atoms with Crippen LogP contribution in [0.25, 0.3) is 0 Å². The van der Waals surface area contributed by atoms with E-state index in [1.54, 1.807) is 18.3 Å². The van der Waals surface area contributed by atoms with Crippen LogP contribution in [-0.2, 0) is 11.3 Å². The Morgan fingerprint density at radius 1 is 1.03 bits per heavy atom. The van der Waals surface area contributed by atoms with Gasteiger partial charge in [0.15, 0.2) is 12.0 Å². The summed E-state index contributed by atoms with van der Waals surface area (Å²) in [5, 5.41) is 3.44. The average Bonchev–Trinajstić information content (AvgIpc) is 3.24. The Morgan fingerprint density at radius 2 is 1.83 bits per heavy atom. The number of morpholine rings is 1. The van der Waals surface area contributed by atoms with Crippen molar-refractivity contribution >= 4 is 17.1 Å². The first-order valence-electron chi connectivity index (χ1n) is 9.80. The van der Waals surface area contributed by atoms with Gasteiger partial charge in [-0.05, 0) is 30.3 Å². The highest BCUT2D eigenvalue weighted by Crippen LogP contribution is 2.27. The molecule has 0 saturated carbocycles. The number of benzene rings is 2. The highest BCUT2D eigenvalue weighted by atomic mass is 19.1. The predicted octanol–water partition coefficient (Wildman–Crippen LogP) is 3.47. The number of halogens is 1. The van der Waals surface area contributed by atoms with Crippen molar-refractivity contribution in [3.63, 3.8) is 0 Å². The molecule has 3 aromatic rings. The third kappa shape index (κ3) is 3.61. The molecule has 6 nitrogen and oxygen atoms in total. The number of aliphatic imine (C=N–C) groups is 1. The summed E-state index contributed by atoms with van der Waals surface area (Å²) >= 11 is 0. The van der Waals surface area contributed by atoms with E-state index in [9.17, 15) is 4.39 Å². The van der Waals surface area contributed by atoms with E-state index in [0.29, 0.717) is 17.8 Å². The number of aromatic nitrogens is 2. The van der Waals surface area contributed by atoms with Gasteiger partial charge in [-0.1, -0.05) is 18.2 Å². The summed E-state index contributed by atoms with van der Waals surface area (Å²) in [6.07, 6.45) is 3.29. The molecule has 1 unspecified atom stereocenters. The van der Waals surface area contributed by atoms with Crippen molar-refractivity contribution in [3.8, 4) is 0 Å². The zero-order chi connectivity index (χ0) is 19.6. The molecular weight excluding hydrogens is 369 g/mol. The molecule has 1 aromatic heterocycles. The van der Waals surface area contributed by atoms with Crippen LogP contribution in [0, 0.1) is 5.82 Å². The number of rotatable bonds is 4. The minimum atomic E-state index is -0.373. The summed E-state index contributed by atoms with van der Waals surface area (Å²) in [6.45, 7) is 3.84. The maximum atomic E-state index is 14.3. The van der Waals surface area contributed by atoms with Gasteiger partial charge < -0.3 is 19.5 Å². The standard InChI is InChI=1S/C22H22FN5O/c23-19-4-2-1-3-18(19)20-15-28-10-9-24-22(28)21(26-20)25-16-5-7-17(8-6-16)27-11-13-29-14-12-27/h1-10,21,25H,11-15H2. The molecule has 0 aliphatic carbocycles. The van der Waals surface area contributed by atoms with Crippen molar-refractivity contribution in [2.24, 2.45) is 4.99 Å². The van der Waals surface area contributed by atoms with Crippen LogP contribution in [0.1, 0.15) is 17.6 Å². The van der Waals surface area contributed by atoms with Gasteiger partial charge in [0.05, 0.1) is 25.5 Å². The van der Waals surface area contributed by atoms with Crippen molar-refractivity contribution in [1.82, 2.24) is 9.55 Å². The third-order valence-corrected chi connectivity index (χ3v) is 5.33. The molecule has 0 spiro atoms. The zero-order valence-electron chi connectivity index (χ0n) is 16.0. The first kappa shape index (κ1) is 17.9. The van der Waals surface area contributed by atoms with E-state index in [1.165, 1.54) is 11.8 Å². The highest BCUT2D eigenvalue weighted by molar-refractivity contribution is 6.01. The fourth-order valence-corrected chi connectivity index (χ4v) is 3.81. The molecule has 7 heteroatoms. The molecule has 2 aliphatic heterocycles. The summed E-state index contributed by atoms with van der Waals surface area (Å²) in [5.74, 6) is 0.561. The molecule has 2 aromatic carbocycles. The summed E-state index contributed by atoms with van der Waals surface area (Å²) in [6, 6.07) is 15.1. The number of imidazole rings is 1. The van der Waals surface area contributed by atoms with Crippen LogP contribution in [-0.4, -0.2) is 41.6 Å². The number of nitrogens with zero attached hydrogens (tertiary/aromatic N) is 4. The summed E-state index contributed by atoms with van der Waals surface area (Å²) in [4.78, 5) is 11.6. The zero-order valence-corrected chi connectivity index (χ0v) is 16.0. The molecule has 1 N–H and O–H groups in total. The number of hydrogen-bond donors (Lipinski definition) is 1. The summed E-state index contributed by atoms with van der Waals surface area (Å²) in [7, 11) is 0. The fourth-order valence-electron chi connectivity index (χ4n) is 3.81. The van der Waals surface area contributed by atoms with Gasteiger partial charge in [-0.2, -0.15) is 0 Å². The van der Waals surface area contributed by atoms with Gasteiger partial charge >= 0.3 is 0 Å². The van der Waals surface area contributed by atoms with Gasteiger partial charge in [0.25, 0.3) is 0 Å². The van der Waals surface area contributed by atoms with Crippen LogP contribution >= 0.6 is 0 Å². The highest BCUT2D eigenvalue weighted by Gasteiger charge is 2.24. The van der Waals surface area contributed by atoms with Gasteiger partial charge in [-0.3, -0.25) is 4.99 Å². The summed E-state index contributed by atoms with van der Waals surface area (Å²) < 4.78 is 21.7. The maximum absolute atomic E-state index is 14.3. The van der Waals surface area contributed by atoms with Crippen molar-refractivity contribution < 1.29 is 9.13 Å². The van der Waals surface area contributed by atoms with E-state index < -0.39 is 0 Å². The SMILES string of the molecule is Fc1ccccc1C1=NC(Nc2ccc(N3CCOCC3)cc2)c2nccn2C1. The van der Waals surface area contributed by atoms with Crippen LogP contribution < -0.4 is 10.2 Å². The topological polar surface area (TPSA) is 54.7 Å². The molecular formula is C22H22FN5O. The Bertz CT molecular complexity index is 1020. The van der Waals surface area contributed by atoms with E-state index in [0.717, 1.165) is 37.8 Å². The largest absolute Gasteiger partial charge is 0.378 e. The van der Waals surface area contributed by atoms with Crippen molar-refractivity contribution in [2.45, 2.75) is 12.7 Å². The molecule has 3 heterocycles. The molecule has 0 bridgehead atoms. The van der Waals surface area contributed by atoms with Crippen LogP contribution in [0.5, 0.6) is 0 Å². The van der Waals surface area contributed by atoms with Crippen LogP contribution in [0.15, 0.2) is 65.9 Å². The maximum Gasteiger partial charge on any atom is 0.178 e. The second-order valence-electron chi connectivity index (χ2n) is 7.16. The molecule has 0 amide bonds. The Morgan fingerprint density at radius 3 is 2.62 bits per heavy atom. The predicted molar refractivity (Wildman–Crippen MR) is 111 cm³/mol. The van der Waals surface area contributed by atoms with Crippen molar-refractivity contribution in [2.75, 3.05) is 36.5 Å². The molecule has 2 aliphatic rings. The second kappa shape index (κ2) is 7.67. The van der Waals surface area contributed by atoms with E-state index in [1.807, 2.05) is 29.0 Å². The van der Waals surface area contributed by atoms with Gasteiger partial charge in [-0.25, -0.2) is 9.37 Å².